The highest BCUT2D eigenvalue weighted by Crippen LogP contribution is 2.25. The van der Waals surface area contributed by atoms with E-state index in [1.165, 1.54) is 24.3 Å². The summed E-state index contributed by atoms with van der Waals surface area (Å²) in [5.74, 6) is 0.542. The van der Waals surface area contributed by atoms with Crippen LogP contribution in [0.2, 0.25) is 0 Å². The minimum atomic E-state index is -5.55. The van der Waals surface area contributed by atoms with E-state index < -0.39 is 22.2 Å². The summed E-state index contributed by atoms with van der Waals surface area (Å²) in [6.45, 7) is 1.57. The number of rotatable bonds is 5. The van der Waals surface area contributed by atoms with Gasteiger partial charge in [0.15, 0.2) is 0 Å². The van der Waals surface area contributed by atoms with Crippen LogP contribution >= 0.6 is 0 Å². The van der Waals surface area contributed by atoms with Gasteiger partial charge in [-0.3, -0.25) is 4.18 Å². The Kier molecular flexibility index (Phi) is 4.58. The molecule has 1 aromatic carbocycles. The van der Waals surface area contributed by atoms with Gasteiger partial charge in [0.25, 0.3) is 0 Å². The Morgan fingerprint density at radius 2 is 1.72 bits per heavy atom. The first kappa shape index (κ1) is 14.8. The number of alkyl halides is 3. The van der Waals surface area contributed by atoms with Crippen molar-refractivity contribution >= 4 is 10.1 Å². The molecule has 0 heterocycles. The van der Waals surface area contributed by atoms with Crippen LogP contribution in [-0.2, 0) is 20.9 Å². The van der Waals surface area contributed by atoms with Gasteiger partial charge in [0.2, 0.25) is 0 Å². The average Bonchev–Trinajstić information content (AvgIpc) is 2.27. The van der Waals surface area contributed by atoms with Gasteiger partial charge in [-0.2, -0.15) is 21.6 Å². The number of hydrogen-bond donors (Lipinski definition) is 0. The van der Waals surface area contributed by atoms with Gasteiger partial charge in [0.05, 0.1) is 13.2 Å². The largest absolute Gasteiger partial charge is 0.523 e. The Balaban J connectivity index is 2.65. The van der Waals surface area contributed by atoms with Gasteiger partial charge in [-0.25, -0.2) is 0 Å². The van der Waals surface area contributed by atoms with Gasteiger partial charge in [0, 0.05) is 0 Å². The van der Waals surface area contributed by atoms with Crippen LogP contribution in [-0.4, -0.2) is 20.5 Å². The van der Waals surface area contributed by atoms with E-state index in [1.807, 2.05) is 0 Å². The van der Waals surface area contributed by atoms with Crippen LogP contribution in [0.5, 0.6) is 5.75 Å². The van der Waals surface area contributed by atoms with Gasteiger partial charge in [-0.05, 0) is 24.6 Å². The molecule has 0 atom stereocenters. The monoisotopic (exact) mass is 284 g/mol. The van der Waals surface area contributed by atoms with Gasteiger partial charge in [0.1, 0.15) is 5.75 Å². The molecule has 18 heavy (non-hydrogen) atoms. The van der Waals surface area contributed by atoms with E-state index in [4.69, 9.17) is 4.74 Å². The molecule has 0 aliphatic rings. The molecule has 0 fully saturated rings. The zero-order valence-corrected chi connectivity index (χ0v) is 10.2. The molecule has 0 unspecified atom stereocenters. The fourth-order valence-electron chi connectivity index (χ4n) is 1.06. The highest BCUT2D eigenvalue weighted by Gasteiger charge is 2.47. The van der Waals surface area contributed by atoms with Gasteiger partial charge in [-0.1, -0.05) is 12.1 Å². The minimum Gasteiger partial charge on any atom is -0.494 e. The Hall–Kier alpha value is -1.28. The van der Waals surface area contributed by atoms with E-state index in [9.17, 15) is 21.6 Å². The lowest BCUT2D eigenvalue weighted by Crippen LogP contribution is -2.25. The van der Waals surface area contributed by atoms with Crippen molar-refractivity contribution in [2.24, 2.45) is 0 Å². The Labute approximate surface area is 102 Å². The topological polar surface area (TPSA) is 52.6 Å². The second kappa shape index (κ2) is 5.57. The number of ether oxygens (including phenoxy) is 1. The van der Waals surface area contributed by atoms with Crippen molar-refractivity contribution in [1.82, 2.24) is 0 Å². The van der Waals surface area contributed by atoms with Crippen molar-refractivity contribution in [2.45, 2.75) is 19.0 Å². The van der Waals surface area contributed by atoms with E-state index in [2.05, 4.69) is 4.18 Å². The fraction of sp³-hybridized carbons (Fsp3) is 0.400. The Morgan fingerprint density at radius 1 is 1.17 bits per heavy atom. The average molecular weight is 284 g/mol. The van der Waals surface area contributed by atoms with Crippen molar-refractivity contribution in [3.8, 4) is 5.75 Å². The molecule has 0 bridgehead atoms. The molecule has 0 N–H and O–H groups in total. The van der Waals surface area contributed by atoms with Crippen molar-refractivity contribution in [1.29, 1.82) is 0 Å². The summed E-state index contributed by atoms with van der Waals surface area (Å²) in [6, 6.07) is 5.89. The van der Waals surface area contributed by atoms with E-state index in [-0.39, 0.29) is 0 Å². The van der Waals surface area contributed by atoms with E-state index >= 15 is 0 Å². The molecule has 4 nitrogen and oxygen atoms in total. The Morgan fingerprint density at radius 3 is 2.17 bits per heavy atom. The molecule has 1 rings (SSSR count). The molecule has 0 aliphatic heterocycles. The van der Waals surface area contributed by atoms with Crippen LogP contribution in [0, 0.1) is 0 Å². The summed E-state index contributed by atoms with van der Waals surface area (Å²) in [7, 11) is -5.55. The Bertz CT molecular complexity index is 479. The summed E-state index contributed by atoms with van der Waals surface area (Å²) in [5, 5.41) is 0. The van der Waals surface area contributed by atoms with Crippen LogP contribution in [0.25, 0.3) is 0 Å². The van der Waals surface area contributed by atoms with Crippen molar-refractivity contribution in [2.75, 3.05) is 6.61 Å². The van der Waals surface area contributed by atoms with Crippen LogP contribution in [0.15, 0.2) is 24.3 Å². The second-order valence-electron chi connectivity index (χ2n) is 3.24. The molecule has 0 amide bonds. The smallest absolute Gasteiger partial charge is 0.494 e. The lowest BCUT2D eigenvalue weighted by molar-refractivity contribution is -0.0547. The van der Waals surface area contributed by atoms with Gasteiger partial charge < -0.3 is 4.74 Å². The highest BCUT2D eigenvalue weighted by atomic mass is 32.2. The number of hydrogen-bond acceptors (Lipinski definition) is 4. The third kappa shape index (κ3) is 3.88. The molecule has 0 radical (unpaired) electrons. The lowest BCUT2D eigenvalue weighted by atomic mass is 10.2. The third-order valence-corrected chi connectivity index (χ3v) is 2.89. The molecule has 0 aromatic heterocycles. The first-order valence-electron chi connectivity index (χ1n) is 4.93. The first-order valence-corrected chi connectivity index (χ1v) is 6.34. The molecule has 0 aliphatic carbocycles. The molecule has 102 valence electrons. The molecule has 0 saturated carbocycles. The van der Waals surface area contributed by atoms with Crippen LogP contribution in [0.4, 0.5) is 13.2 Å². The lowest BCUT2D eigenvalue weighted by Gasteiger charge is -2.08. The van der Waals surface area contributed by atoms with E-state index in [0.717, 1.165) is 0 Å². The minimum absolute atomic E-state index is 0.297. The zero-order chi connectivity index (χ0) is 13.8. The number of halogens is 3. The maximum Gasteiger partial charge on any atom is 0.523 e. The van der Waals surface area contributed by atoms with E-state index in [1.54, 1.807) is 6.92 Å². The summed E-state index contributed by atoms with van der Waals surface area (Å²) in [4.78, 5) is 0. The fourth-order valence-corrected chi connectivity index (χ4v) is 1.49. The molecule has 1 aromatic rings. The summed E-state index contributed by atoms with van der Waals surface area (Å²) >= 11 is 0. The summed E-state index contributed by atoms with van der Waals surface area (Å²) < 4.78 is 66.2. The predicted octanol–water partition coefficient (Wildman–Crippen LogP) is 2.45. The van der Waals surface area contributed by atoms with Crippen LogP contribution in [0.3, 0.4) is 0 Å². The molecule has 0 saturated heterocycles. The van der Waals surface area contributed by atoms with Gasteiger partial charge in [-0.15, -0.1) is 0 Å². The molecular weight excluding hydrogens is 273 g/mol. The van der Waals surface area contributed by atoms with Gasteiger partial charge >= 0.3 is 15.6 Å². The van der Waals surface area contributed by atoms with Crippen LogP contribution in [0.1, 0.15) is 12.5 Å². The quantitative estimate of drug-likeness (QED) is 0.615. The maximum absolute atomic E-state index is 12.0. The maximum atomic E-state index is 12.0. The SMILES string of the molecule is CCOc1ccc(COS(=O)(=O)C(F)(F)F)cc1. The molecule has 8 heteroatoms. The van der Waals surface area contributed by atoms with E-state index in [0.29, 0.717) is 17.9 Å². The van der Waals surface area contributed by atoms with Crippen molar-refractivity contribution in [3.05, 3.63) is 29.8 Å². The van der Waals surface area contributed by atoms with Crippen molar-refractivity contribution in [3.63, 3.8) is 0 Å². The molecular formula is C10H11F3O4S. The normalized spacial score (nSPS) is 12.4. The second-order valence-corrected chi connectivity index (χ2v) is 4.85. The summed E-state index contributed by atoms with van der Waals surface area (Å²) in [5.41, 5.74) is -5.11. The summed E-state index contributed by atoms with van der Waals surface area (Å²) in [6.07, 6.45) is 0. The van der Waals surface area contributed by atoms with Crippen LogP contribution < -0.4 is 4.74 Å². The molecule has 0 spiro atoms. The standard InChI is InChI=1S/C10H11F3O4S/c1-2-16-9-5-3-8(4-6-9)7-17-18(14,15)10(11,12)13/h3-6H,2,7H2,1H3. The first-order chi connectivity index (χ1) is 8.26. The highest BCUT2D eigenvalue weighted by molar-refractivity contribution is 7.87. The predicted molar refractivity (Wildman–Crippen MR) is 57.4 cm³/mol. The zero-order valence-electron chi connectivity index (χ0n) is 9.40. The van der Waals surface area contributed by atoms with Crippen molar-refractivity contribution < 1.29 is 30.5 Å². The number of benzene rings is 1. The third-order valence-electron chi connectivity index (χ3n) is 1.90.